The van der Waals surface area contributed by atoms with Crippen molar-refractivity contribution in [2.24, 2.45) is 5.92 Å². The molecular weight excluding hydrogens is 405 g/mol. The third kappa shape index (κ3) is 5.07. The molecule has 3 rings (SSSR count). The van der Waals surface area contributed by atoms with Crippen molar-refractivity contribution in [1.82, 2.24) is 15.3 Å². The highest BCUT2D eigenvalue weighted by atomic mass is 35.5. The molecule has 2 aromatic carbocycles. The Morgan fingerprint density at radius 2 is 1.93 bits per heavy atom. The number of carbonyl (C=O) groups excluding carboxylic acids is 1. The molecule has 1 aromatic heterocycles. The number of H-pyrrole nitrogens is 1. The van der Waals surface area contributed by atoms with Crippen molar-refractivity contribution in [2.45, 2.75) is 26.1 Å². The summed E-state index contributed by atoms with van der Waals surface area (Å²) in [5.74, 6) is 0.291. The van der Waals surface area contributed by atoms with Gasteiger partial charge in [0.25, 0.3) is 0 Å². The molecule has 0 saturated heterocycles. The zero-order chi connectivity index (χ0) is 21.2. The Morgan fingerprint density at radius 3 is 2.59 bits per heavy atom. The number of halogens is 4. The number of fused-ring (bicyclic) bond motifs is 1. The van der Waals surface area contributed by atoms with Crippen LogP contribution in [0.5, 0.6) is 0 Å². The SMILES string of the molecule is CC(C)C(NCC(=O)Nc1cc(C(F)(F)F)ccc1Cl)c1nc2ccccc2[nH]1. The molecule has 1 atom stereocenters. The molecule has 0 aliphatic carbocycles. The lowest BCUT2D eigenvalue weighted by atomic mass is 10.0. The van der Waals surface area contributed by atoms with E-state index >= 15 is 0 Å². The van der Waals surface area contributed by atoms with Crippen LogP contribution in [0.2, 0.25) is 5.02 Å². The first kappa shape index (κ1) is 21.1. The second kappa shape index (κ2) is 8.42. The molecule has 0 saturated carbocycles. The van der Waals surface area contributed by atoms with Gasteiger partial charge in [0.1, 0.15) is 5.82 Å². The fourth-order valence-electron chi connectivity index (χ4n) is 2.96. The van der Waals surface area contributed by atoms with E-state index in [1.54, 1.807) is 0 Å². The van der Waals surface area contributed by atoms with E-state index in [0.717, 1.165) is 29.2 Å². The first-order chi connectivity index (χ1) is 13.6. The van der Waals surface area contributed by atoms with Gasteiger partial charge in [-0.25, -0.2) is 4.98 Å². The second-order valence-electron chi connectivity index (χ2n) is 6.98. The van der Waals surface area contributed by atoms with Gasteiger partial charge in [-0.15, -0.1) is 0 Å². The monoisotopic (exact) mass is 424 g/mol. The summed E-state index contributed by atoms with van der Waals surface area (Å²) in [6, 6.07) is 10.1. The Kier molecular flexibility index (Phi) is 6.14. The molecule has 9 heteroatoms. The Labute approximate surface area is 170 Å². The number of aromatic nitrogens is 2. The summed E-state index contributed by atoms with van der Waals surface area (Å²) in [5, 5.41) is 5.57. The number of nitrogens with zero attached hydrogens (tertiary/aromatic N) is 1. The van der Waals surface area contributed by atoms with Crippen molar-refractivity contribution in [2.75, 3.05) is 11.9 Å². The molecule has 5 nitrogen and oxygen atoms in total. The number of hydrogen-bond acceptors (Lipinski definition) is 3. The van der Waals surface area contributed by atoms with Crippen molar-refractivity contribution in [3.8, 4) is 0 Å². The fraction of sp³-hybridized carbons (Fsp3) is 0.300. The van der Waals surface area contributed by atoms with Crippen molar-refractivity contribution < 1.29 is 18.0 Å². The standard InChI is InChI=1S/C20H20ClF3N4O/c1-11(2)18(19-27-14-5-3-4-6-15(14)28-19)25-10-17(29)26-16-9-12(20(22,23)24)7-8-13(16)21/h3-9,11,18,25H,10H2,1-2H3,(H,26,29)(H,27,28). The number of anilines is 1. The van der Waals surface area contributed by atoms with E-state index in [4.69, 9.17) is 11.6 Å². The summed E-state index contributed by atoms with van der Waals surface area (Å²) >= 11 is 5.93. The molecular formula is C20H20ClF3N4O. The highest BCUT2D eigenvalue weighted by molar-refractivity contribution is 6.33. The van der Waals surface area contributed by atoms with E-state index in [2.05, 4.69) is 20.6 Å². The zero-order valence-electron chi connectivity index (χ0n) is 15.8. The van der Waals surface area contributed by atoms with Crippen LogP contribution in [-0.2, 0) is 11.0 Å². The zero-order valence-corrected chi connectivity index (χ0v) is 16.5. The van der Waals surface area contributed by atoms with Crippen LogP contribution in [0.25, 0.3) is 11.0 Å². The largest absolute Gasteiger partial charge is 0.416 e. The molecule has 0 aliphatic heterocycles. The Hall–Kier alpha value is -2.58. The lowest BCUT2D eigenvalue weighted by Gasteiger charge is -2.20. The number of alkyl halides is 3. The van der Waals surface area contributed by atoms with E-state index < -0.39 is 17.6 Å². The molecule has 29 heavy (non-hydrogen) atoms. The number of imidazole rings is 1. The van der Waals surface area contributed by atoms with Crippen LogP contribution in [0, 0.1) is 5.92 Å². The van der Waals surface area contributed by atoms with Crippen molar-refractivity contribution in [3.63, 3.8) is 0 Å². The summed E-state index contributed by atoms with van der Waals surface area (Å²) in [6.45, 7) is 3.84. The number of para-hydroxylation sites is 2. The predicted octanol–water partition coefficient (Wildman–Crippen LogP) is 5.16. The topological polar surface area (TPSA) is 69.8 Å². The molecule has 0 aliphatic rings. The van der Waals surface area contributed by atoms with Crippen LogP contribution < -0.4 is 10.6 Å². The number of nitrogens with one attached hydrogen (secondary N) is 3. The Bertz CT molecular complexity index is 983. The molecule has 154 valence electrons. The molecule has 1 amide bonds. The molecule has 3 N–H and O–H groups in total. The average Bonchev–Trinajstić information content (AvgIpc) is 3.06. The van der Waals surface area contributed by atoms with Gasteiger partial charge in [0.2, 0.25) is 5.91 Å². The summed E-state index contributed by atoms with van der Waals surface area (Å²) in [5.41, 5.74) is 0.732. The van der Waals surface area contributed by atoms with Gasteiger partial charge in [0.05, 0.1) is 39.9 Å². The maximum Gasteiger partial charge on any atom is 0.416 e. The molecule has 1 heterocycles. The average molecular weight is 425 g/mol. The summed E-state index contributed by atoms with van der Waals surface area (Å²) in [7, 11) is 0. The predicted molar refractivity (Wildman–Crippen MR) is 107 cm³/mol. The number of aromatic amines is 1. The summed E-state index contributed by atoms with van der Waals surface area (Å²) in [6.07, 6.45) is -4.52. The van der Waals surface area contributed by atoms with Crippen LogP contribution >= 0.6 is 11.6 Å². The third-order valence-electron chi connectivity index (χ3n) is 4.42. The first-order valence-electron chi connectivity index (χ1n) is 9.00. The highest BCUT2D eigenvalue weighted by Gasteiger charge is 2.31. The molecule has 0 radical (unpaired) electrons. The van der Waals surface area contributed by atoms with E-state index in [1.807, 2.05) is 38.1 Å². The minimum atomic E-state index is -4.52. The van der Waals surface area contributed by atoms with Crippen LogP contribution in [0.3, 0.4) is 0 Å². The second-order valence-corrected chi connectivity index (χ2v) is 7.39. The van der Waals surface area contributed by atoms with Gasteiger partial charge in [0.15, 0.2) is 0 Å². The number of amides is 1. The van der Waals surface area contributed by atoms with Gasteiger partial charge in [0, 0.05) is 0 Å². The van der Waals surface area contributed by atoms with E-state index in [0.29, 0.717) is 5.82 Å². The van der Waals surface area contributed by atoms with Crippen molar-refractivity contribution in [3.05, 3.63) is 58.9 Å². The number of benzene rings is 2. The molecule has 0 fully saturated rings. The smallest absolute Gasteiger partial charge is 0.341 e. The van der Waals surface area contributed by atoms with Gasteiger partial charge in [-0.2, -0.15) is 13.2 Å². The van der Waals surface area contributed by atoms with E-state index in [9.17, 15) is 18.0 Å². The maximum atomic E-state index is 12.9. The summed E-state index contributed by atoms with van der Waals surface area (Å²) in [4.78, 5) is 20.1. The van der Waals surface area contributed by atoms with Crippen molar-refractivity contribution in [1.29, 1.82) is 0 Å². The number of carbonyl (C=O) groups is 1. The summed E-state index contributed by atoms with van der Waals surface area (Å²) < 4.78 is 38.6. The lowest BCUT2D eigenvalue weighted by molar-refractivity contribution is -0.137. The number of hydrogen-bond donors (Lipinski definition) is 3. The molecule has 1 unspecified atom stereocenters. The van der Waals surface area contributed by atoms with E-state index in [-0.39, 0.29) is 29.2 Å². The molecule has 0 bridgehead atoms. The van der Waals surface area contributed by atoms with Gasteiger partial charge < -0.3 is 10.3 Å². The highest BCUT2D eigenvalue weighted by Crippen LogP contribution is 2.33. The lowest BCUT2D eigenvalue weighted by Crippen LogP contribution is -2.34. The first-order valence-corrected chi connectivity index (χ1v) is 9.37. The fourth-order valence-corrected chi connectivity index (χ4v) is 3.13. The molecule has 0 spiro atoms. The molecule has 3 aromatic rings. The Morgan fingerprint density at radius 1 is 1.21 bits per heavy atom. The third-order valence-corrected chi connectivity index (χ3v) is 4.75. The maximum absolute atomic E-state index is 12.9. The van der Waals surface area contributed by atoms with E-state index in [1.165, 1.54) is 0 Å². The normalized spacial score (nSPS) is 13.1. The minimum Gasteiger partial charge on any atom is -0.341 e. The van der Waals surface area contributed by atoms with Crippen LogP contribution in [0.4, 0.5) is 18.9 Å². The van der Waals surface area contributed by atoms with Crippen molar-refractivity contribution >= 4 is 34.2 Å². The number of rotatable bonds is 6. The van der Waals surface area contributed by atoms with Crippen LogP contribution in [0.1, 0.15) is 31.3 Å². The van der Waals surface area contributed by atoms with Gasteiger partial charge >= 0.3 is 6.18 Å². The van der Waals surface area contributed by atoms with Crippen LogP contribution in [-0.4, -0.2) is 22.4 Å². The quantitative estimate of drug-likeness (QED) is 0.512. The Balaban J connectivity index is 1.70. The van der Waals surface area contributed by atoms with Crippen LogP contribution in [0.15, 0.2) is 42.5 Å². The van der Waals surface area contributed by atoms with Gasteiger partial charge in [-0.1, -0.05) is 37.6 Å². The minimum absolute atomic E-state index is 0.0315. The van der Waals surface area contributed by atoms with Gasteiger partial charge in [-0.3, -0.25) is 10.1 Å². The van der Waals surface area contributed by atoms with Gasteiger partial charge in [-0.05, 0) is 36.2 Å².